The summed E-state index contributed by atoms with van der Waals surface area (Å²) in [5, 5.41) is 6.19. The van der Waals surface area contributed by atoms with Gasteiger partial charge in [-0.15, -0.1) is 0 Å². The van der Waals surface area contributed by atoms with Gasteiger partial charge in [0.05, 0.1) is 13.4 Å². The maximum Gasteiger partial charge on any atom is 0.224 e. The number of aromatic nitrogens is 2. The van der Waals surface area contributed by atoms with Crippen molar-refractivity contribution in [2.75, 3.05) is 37.1 Å². The summed E-state index contributed by atoms with van der Waals surface area (Å²) < 4.78 is 29.5. The predicted octanol–water partition coefficient (Wildman–Crippen LogP) is 1.50. The first kappa shape index (κ1) is 18.0. The van der Waals surface area contributed by atoms with Gasteiger partial charge in [-0.2, -0.15) is 4.98 Å². The van der Waals surface area contributed by atoms with Crippen LogP contribution in [0.3, 0.4) is 0 Å². The maximum atomic E-state index is 11.0. The Morgan fingerprint density at radius 1 is 1.12 bits per heavy atom. The van der Waals surface area contributed by atoms with Gasteiger partial charge in [0.25, 0.3) is 0 Å². The van der Waals surface area contributed by atoms with Crippen LogP contribution >= 0.6 is 0 Å². The molecule has 0 saturated carbocycles. The number of anilines is 3. The van der Waals surface area contributed by atoms with Crippen molar-refractivity contribution >= 4 is 27.5 Å². The van der Waals surface area contributed by atoms with Crippen molar-refractivity contribution in [1.82, 2.24) is 14.7 Å². The fraction of sp³-hybridized carbons (Fsp3) is 0.333. The van der Waals surface area contributed by atoms with E-state index in [0.717, 1.165) is 23.4 Å². The largest absolute Gasteiger partial charge is 0.497 e. The smallest absolute Gasteiger partial charge is 0.224 e. The summed E-state index contributed by atoms with van der Waals surface area (Å²) in [4.78, 5) is 8.64. The van der Waals surface area contributed by atoms with Gasteiger partial charge in [0, 0.05) is 30.5 Å². The molecule has 0 radical (unpaired) electrons. The molecule has 0 aliphatic rings. The number of ether oxygens (including phenoxy) is 1. The van der Waals surface area contributed by atoms with Crippen molar-refractivity contribution in [3.63, 3.8) is 0 Å². The topological polar surface area (TPSA) is 105 Å². The maximum absolute atomic E-state index is 11.0. The summed E-state index contributed by atoms with van der Waals surface area (Å²) in [7, 11) is -1.58. The Bertz CT molecular complexity index is 778. The molecular formula is C15H21N5O3S. The van der Waals surface area contributed by atoms with E-state index in [0.29, 0.717) is 18.3 Å². The number of aryl methyl sites for hydroxylation is 1. The van der Waals surface area contributed by atoms with E-state index in [1.807, 2.05) is 37.3 Å². The monoisotopic (exact) mass is 351 g/mol. The first-order valence-corrected chi connectivity index (χ1v) is 9.20. The average Bonchev–Trinajstić information content (AvgIpc) is 2.51. The third kappa shape index (κ3) is 6.01. The number of hydrogen-bond donors (Lipinski definition) is 3. The minimum absolute atomic E-state index is 0.261. The normalized spacial score (nSPS) is 11.1. The molecule has 130 valence electrons. The van der Waals surface area contributed by atoms with Crippen LogP contribution in [-0.2, 0) is 10.0 Å². The lowest BCUT2D eigenvalue weighted by atomic mass is 10.3. The molecule has 2 rings (SSSR count). The zero-order valence-corrected chi connectivity index (χ0v) is 14.6. The lowest BCUT2D eigenvalue weighted by Gasteiger charge is -2.10. The molecule has 2 aromatic rings. The SMILES string of the molecule is COc1ccc(Nc2cc(C)nc(NCCNS(C)(=O)=O)n2)cc1. The molecule has 8 nitrogen and oxygen atoms in total. The lowest BCUT2D eigenvalue weighted by molar-refractivity contribution is 0.415. The number of nitrogens with one attached hydrogen (secondary N) is 3. The molecule has 0 saturated heterocycles. The molecule has 24 heavy (non-hydrogen) atoms. The lowest BCUT2D eigenvalue weighted by Crippen LogP contribution is -2.28. The van der Waals surface area contributed by atoms with Crippen molar-refractivity contribution in [3.05, 3.63) is 36.0 Å². The molecule has 0 fully saturated rings. The van der Waals surface area contributed by atoms with Gasteiger partial charge in [0.1, 0.15) is 11.6 Å². The predicted molar refractivity (Wildman–Crippen MR) is 94.4 cm³/mol. The minimum atomic E-state index is -3.19. The molecule has 0 unspecified atom stereocenters. The van der Waals surface area contributed by atoms with Crippen molar-refractivity contribution in [1.29, 1.82) is 0 Å². The Morgan fingerprint density at radius 2 is 1.83 bits per heavy atom. The van der Waals surface area contributed by atoms with Crippen molar-refractivity contribution in [2.45, 2.75) is 6.92 Å². The Kier molecular flexibility index (Phi) is 5.93. The van der Waals surface area contributed by atoms with Gasteiger partial charge in [-0.25, -0.2) is 18.1 Å². The summed E-state index contributed by atoms with van der Waals surface area (Å²) in [6.45, 7) is 2.51. The summed E-state index contributed by atoms with van der Waals surface area (Å²) >= 11 is 0. The Morgan fingerprint density at radius 3 is 2.46 bits per heavy atom. The quantitative estimate of drug-likeness (QED) is 0.619. The van der Waals surface area contributed by atoms with Crippen LogP contribution in [0.1, 0.15) is 5.69 Å². The number of benzene rings is 1. The molecule has 1 aromatic carbocycles. The summed E-state index contributed by atoms with van der Waals surface area (Å²) in [5.74, 6) is 1.85. The highest BCUT2D eigenvalue weighted by atomic mass is 32.2. The van der Waals surface area contributed by atoms with Gasteiger partial charge in [0.15, 0.2) is 0 Å². The van der Waals surface area contributed by atoms with Crippen LogP contribution in [-0.4, -0.2) is 44.8 Å². The van der Waals surface area contributed by atoms with Crippen LogP contribution in [0.25, 0.3) is 0 Å². The van der Waals surface area contributed by atoms with E-state index >= 15 is 0 Å². The van der Waals surface area contributed by atoms with Gasteiger partial charge in [-0.05, 0) is 31.2 Å². The molecule has 0 bridgehead atoms. The van der Waals surface area contributed by atoms with Crippen molar-refractivity contribution in [3.8, 4) is 5.75 Å². The zero-order valence-electron chi connectivity index (χ0n) is 13.8. The van der Waals surface area contributed by atoms with Crippen molar-refractivity contribution < 1.29 is 13.2 Å². The molecule has 1 heterocycles. The van der Waals surface area contributed by atoms with Gasteiger partial charge in [-0.3, -0.25) is 0 Å². The molecule has 3 N–H and O–H groups in total. The van der Waals surface area contributed by atoms with Gasteiger partial charge in [-0.1, -0.05) is 0 Å². The summed E-state index contributed by atoms with van der Waals surface area (Å²) in [6, 6.07) is 9.31. The Hall–Kier alpha value is -2.39. The first-order chi connectivity index (χ1) is 11.4. The first-order valence-electron chi connectivity index (χ1n) is 7.31. The number of nitrogens with zero attached hydrogens (tertiary/aromatic N) is 2. The third-order valence-corrected chi connectivity index (χ3v) is 3.72. The van der Waals surface area contributed by atoms with E-state index in [-0.39, 0.29) is 6.54 Å². The van der Waals surface area contributed by atoms with E-state index in [2.05, 4.69) is 25.3 Å². The molecule has 1 aromatic heterocycles. The van der Waals surface area contributed by atoms with Crippen LogP contribution in [0, 0.1) is 6.92 Å². The highest BCUT2D eigenvalue weighted by molar-refractivity contribution is 7.88. The minimum Gasteiger partial charge on any atom is -0.497 e. The molecule has 0 spiro atoms. The van der Waals surface area contributed by atoms with E-state index < -0.39 is 10.0 Å². The second-order valence-corrected chi connectivity index (χ2v) is 7.00. The molecule has 0 aliphatic heterocycles. The van der Waals surface area contributed by atoms with Crippen LogP contribution in [0.5, 0.6) is 5.75 Å². The summed E-state index contributed by atoms with van der Waals surface area (Å²) in [6.07, 6.45) is 1.12. The van der Waals surface area contributed by atoms with Crippen LogP contribution in [0.2, 0.25) is 0 Å². The summed E-state index contributed by atoms with van der Waals surface area (Å²) in [5.41, 5.74) is 1.66. The third-order valence-electron chi connectivity index (χ3n) is 2.99. The van der Waals surface area contributed by atoms with Gasteiger partial charge < -0.3 is 15.4 Å². The second kappa shape index (κ2) is 7.93. The number of methoxy groups -OCH3 is 1. The number of rotatable bonds is 8. The van der Waals surface area contributed by atoms with E-state index in [1.54, 1.807) is 7.11 Å². The van der Waals surface area contributed by atoms with Crippen LogP contribution < -0.4 is 20.1 Å². The molecule has 0 aliphatic carbocycles. The molecule has 9 heteroatoms. The molecular weight excluding hydrogens is 330 g/mol. The zero-order chi connectivity index (χ0) is 17.6. The Labute approximate surface area is 141 Å². The van der Waals surface area contributed by atoms with Gasteiger partial charge >= 0.3 is 0 Å². The van der Waals surface area contributed by atoms with E-state index in [9.17, 15) is 8.42 Å². The highest BCUT2D eigenvalue weighted by Gasteiger charge is 2.04. The number of hydrogen-bond acceptors (Lipinski definition) is 7. The Balaban J connectivity index is 1.99. The standard InChI is InChI=1S/C15H21N5O3S/c1-11-10-14(19-12-4-6-13(23-2)7-5-12)20-15(18-11)16-8-9-17-24(3,21)22/h4-7,10,17H,8-9H2,1-3H3,(H2,16,18,19,20). The van der Waals surface area contributed by atoms with E-state index in [1.165, 1.54) is 0 Å². The van der Waals surface area contributed by atoms with Crippen LogP contribution in [0.15, 0.2) is 30.3 Å². The highest BCUT2D eigenvalue weighted by Crippen LogP contribution is 2.19. The average molecular weight is 351 g/mol. The second-order valence-electron chi connectivity index (χ2n) is 5.16. The fourth-order valence-corrected chi connectivity index (χ4v) is 2.42. The van der Waals surface area contributed by atoms with Crippen molar-refractivity contribution in [2.24, 2.45) is 0 Å². The fourth-order valence-electron chi connectivity index (χ4n) is 1.94. The number of sulfonamides is 1. The van der Waals surface area contributed by atoms with E-state index in [4.69, 9.17) is 4.74 Å². The molecule has 0 amide bonds. The van der Waals surface area contributed by atoms with Crippen LogP contribution in [0.4, 0.5) is 17.5 Å². The van der Waals surface area contributed by atoms with Gasteiger partial charge in [0.2, 0.25) is 16.0 Å². The molecule has 0 atom stereocenters.